The summed E-state index contributed by atoms with van der Waals surface area (Å²) < 4.78 is 10.9. The predicted molar refractivity (Wildman–Crippen MR) is 95.1 cm³/mol. The van der Waals surface area contributed by atoms with E-state index in [2.05, 4.69) is 35.2 Å². The van der Waals surface area contributed by atoms with Crippen molar-refractivity contribution in [2.24, 2.45) is 0 Å². The zero-order chi connectivity index (χ0) is 16.9. The zero-order valence-corrected chi connectivity index (χ0v) is 14.3. The highest BCUT2D eigenvalue weighted by atomic mass is 16.5. The Morgan fingerprint density at radius 3 is 2.50 bits per heavy atom. The van der Waals surface area contributed by atoms with Crippen molar-refractivity contribution >= 4 is 0 Å². The predicted octanol–water partition coefficient (Wildman–Crippen LogP) is 2.94. The number of ether oxygens (including phenoxy) is 2. The van der Waals surface area contributed by atoms with Crippen LogP contribution in [0.1, 0.15) is 12.0 Å². The largest absolute Gasteiger partial charge is 0.496 e. The molecule has 128 valence electrons. The van der Waals surface area contributed by atoms with Gasteiger partial charge in [-0.1, -0.05) is 42.5 Å². The molecule has 2 aromatic carbocycles. The van der Waals surface area contributed by atoms with Crippen LogP contribution in [0.5, 0.6) is 5.75 Å². The van der Waals surface area contributed by atoms with E-state index in [9.17, 15) is 5.11 Å². The lowest BCUT2D eigenvalue weighted by Crippen LogP contribution is -2.31. The normalized spacial score (nSPS) is 21.1. The van der Waals surface area contributed by atoms with Crippen LogP contribution in [0, 0.1) is 0 Å². The zero-order valence-electron chi connectivity index (χ0n) is 14.3. The van der Waals surface area contributed by atoms with Crippen LogP contribution in [-0.2, 0) is 11.3 Å². The number of benzene rings is 2. The van der Waals surface area contributed by atoms with Crippen molar-refractivity contribution in [1.82, 2.24) is 4.90 Å². The highest BCUT2D eigenvalue weighted by Crippen LogP contribution is 2.30. The monoisotopic (exact) mass is 327 g/mol. The summed E-state index contributed by atoms with van der Waals surface area (Å²) in [6, 6.07) is 16.8. The van der Waals surface area contributed by atoms with Gasteiger partial charge in [0.25, 0.3) is 0 Å². The minimum atomic E-state index is 0.180. The van der Waals surface area contributed by atoms with E-state index in [4.69, 9.17) is 9.47 Å². The third kappa shape index (κ3) is 3.61. The van der Waals surface area contributed by atoms with E-state index < -0.39 is 0 Å². The smallest absolute Gasteiger partial charge is 0.126 e. The van der Waals surface area contributed by atoms with Crippen molar-refractivity contribution in [3.8, 4) is 16.9 Å². The first-order chi connectivity index (χ1) is 11.7. The summed E-state index contributed by atoms with van der Waals surface area (Å²) in [6.45, 7) is 1.88. The van der Waals surface area contributed by atoms with E-state index in [-0.39, 0.29) is 18.8 Å². The van der Waals surface area contributed by atoms with Crippen molar-refractivity contribution in [3.63, 3.8) is 0 Å². The maximum atomic E-state index is 9.57. The molecule has 2 aromatic rings. The highest BCUT2D eigenvalue weighted by Gasteiger charge is 2.31. The number of para-hydroxylation sites is 1. The molecule has 0 unspecified atom stereocenters. The number of rotatable bonds is 6. The van der Waals surface area contributed by atoms with Gasteiger partial charge in [0.05, 0.1) is 19.8 Å². The van der Waals surface area contributed by atoms with Gasteiger partial charge >= 0.3 is 0 Å². The van der Waals surface area contributed by atoms with Gasteiger partial charge < -0.3 is 14.6 Å². The Morgan fingerprint density at radius 2 is 1.83 bits per heavy atom. The van der Waals surface area contributed by atoms with Crippen molar-refractivity contribution in [1.29, 1.82) is 0 Å². The molecule has 3 rings (SSSR count). The van der Waals surface area contributed by atoms with Gasteiger partial charge in [-0.25, -0.2) is 0 Å². The lowest BCUT2D eigenvalue weighted by molar-refractivity contribution is 0.107. The number of hydrogen-bond acceptors (Lipinski definition) is 4. The SMILES string of the molecule is COc1ccccc1-c1ccc(CN2C[C@H](OC)C[C@H]2CO)cc1. The van der Waals surface area contributed by atoms with Crippen LogP contribution in [0.4, 0.5) is 0 Å². The molecule has 4 heteroatoms. The first-order valence-electron chi connectivity index (χ1n) is 8.35. The second-order valence-corrected chi connectivity index (χ2v) is 6.26. The van der Waals surface area contributed by atoms with Crippen LogP contribution in [0.25, 0.3) is 11.1 Å². The van der Waals surface area contributed by atoms with Gasteiger partial charge in [0, 0.05) is 31.8 Å². The quantitative estimate of drug-likeness (QED) is 0.886. The fourth-order valence-electron chi connectivity index (χ4n) is 3.40. The molecule has 24 heavy (non-hydrogen) atoms. The van der Waals surface area contributed by atoms with Crippen LogP contribution in [0.15, 0.2) is 48.5 Å². The Morgan fingerprint density at radius 1 is 1.08 bits per heavy atom. The topological polar surface area (TPSA) is 41.9 Å². The minimum Gasteiger partial charge on any atom is -0.496 e. The maximum Gasteiger partial charge on any atom is 0.126 e. The molecule has 1 aliphatic heterocycles. The van der Waals surface area contributed by atoms with E-state index >= 15 is 0 Å². The van der Waals surface area contributed by atoms with E-state index in [1.54, 1.807) is 14.2 Å². The summed E-state index contributed by atoms with van der Waals surface area (Å²) >= 11 is 0. The van der Waals surface area contributed by atoms with Crippen LogP contribution in [0.3, 0.4) is 0 Å². The Hall–Kier alpha value is -1.88. The molecule has 1 aliphatic rings. The average Bonchev–Trinajstić information content (AvgIpc) is 3.04. The van der Waals surface area contributed by atoms with Crippen LogP contribution in [-0.4, -0.2) is 49.5 Å². The van der Waals surface area contributed by atoms with Gasteiger partial charge in [0.2, 0.25) is 0 Å². The van der Waals surface area contributed by atoms with Gasteiger partial charge in [-0.3, -0.25) is 4.90 Å². The number of methoxy groups -OCH3 is 2. The maximum absolute atomic E-state index is 9.57. The molecule has 1 N–H and O–H groups in total. The van der Waals surface area contributed by atoms with Crippen LogP contribution < -0.4 is 4.74 Å². The second kappa shape index (κ2) is 7.79. The molecule has 1 heterocycles. The van der Waals surface area contributed by atoms with Crippen molar-refractivity contribution in [3.05, 3.63) is 54.1 Å². The number of nitrogens with zero attached hydrogens (tertiary/aromatic N) is 1. The molecule has 0 radical (unpaired) electrons. The lowest BCUT2D eigenvalue weighted by atomic mass is 10.0. The van der Waals surface area contributed by atoms with Crippen LogP contribution in [0.2, 0.25) is 0 Å². The summed E-state index contributed by atoms with van der Waals surface area (Å²) in [5.74, 6) is 0.882. The molecular formula is C20H25NO3. The van der Waals surface area contributed by atoms with E-state index in [0.717, 1.165) is 36.4 Å². The second-order valence-electron chi connectivity index (χ2n) is 6.26. The van der Waals surface area contributed by atoms with Crippen molar-refractivity contribution in [2.45, 2.75) is 25.1 Å². The van der Waals surface area contributed by atoms with Gasteiger partial charge in [-0.2, -0.15) is 0 Å². The van der Waals surface area contributed by atoms with Gasteiger partial charge in [0.15, 0.2) is 0 Å². The molecule has 0 aromatic heterocycles. The van der Waals surface area contributed by atoms with E-state index in [1.807, 2.05) is 18.2 Å². The van der Waals surface area contributed by atoms with E-state index in [1.165, 1.54) is 5.56 Å². The fraction of sp³-hybridized carbons (Fsp3) is 0.400. The molecule has 0 aliphatic carbocycles. The summed E-state index contributed by atoms with van der Waals surface area (Å²) in [5.41, 5.74) is 3.48. The van der Waals surface area contributed by atoms with Crippen LogP contribution >= 0.6 is 0 Å². The number of aliphatic hydroxyl groups excluding tert-OH is 1. The number of hydrogen-bond donors (Lipinski definition) is 1. The lowest BCUT2D eigenvalue weighted by Gasteiger charge is -2.22. The fourth-order valence-corrected chi connectivity index (χ4v) is 3.40. The summed E-state index contributed by atoms with van der Waals surface area (Å²) in [7, 11) is 3.44. The molecule has 2 atom stereocenters. The summed E-state index contributed by atoms with van der Waals surface area (Å²) in [6.07, 6.45) is 1.11. The van der Waals surface area contributed by atoms with Crippen molar-refractivity contribution < 1.29 is 14.6 Å². The molecule has 4 nitrogen and oxygen atoms in total. The summed E-state index contributed by atoms with van der Waals surface area (Å²) in [4.78, 5) is 2.30. The number of likely N-dealkylation sites (tertiary alicyclic amines) is 1. The third-order valence-corrected chi connectivity index (χ3v) is 4.79. The Kier molecular flexibility index (Phi) is 5.51. The molecule has 1 fully saturated rings. The molecule has 1 saturated heterocycles. The van der Waals surface area contributed by atoms with E-state index in [0.29, 0.717) is 0 Å². The Labute approximate surface area is 143 Å². The summed E-state index contributed by atoms with van der Waals surface area (Å²) in [5, 5.41) is 9.57. The molecule has 0 spiro atoms. The molecule has 0 bridgehead atoms. The first-order valence-corrected chi connectivity index (χ1v) is 8.35. The number of aliphatic hydroxyl groups is 1. The first kappa shape index (κ1) is 17.0. The molecule has 0 amide bonds. The Bertz CT molecular complexity index is 656. The third-order valence-electron chi connectivity index (χ3n) is 4.79. The van der Waals surface area contributed by atoms with Gasteiger partial charge in [-0.15, -0.1) is 0 Å². The molecule has 0 saturated carbocycles. The van der Waals surface area contributed by atoms with Crippen molar-refractivity contribution in [2.75, 3.05) is 27.4 Å². The van der Waals surface area contributed by atoms with Gasteiger partial charge in [-0.05, 0) is 23.6 Å². The minimum absolute atomic E-state index is 0.180. The molecular weight excluding hydrogens is 302 g/mol. The average molecular weight is 327 g/mol. The standard InChI is InChI=1S/C20H25NO3/c1-23-18-11-17(14-22)21(13-18)12-15-7-9-16(10-8-15)19-5-3-4-6-20(19)24-2/h3-10,17-18,22H,11-14H2,1-2H3/t17-,18+/m0/s1. The van der Waals surface area contributed by atoms with Gasteiger partial charge in [0.1, 0.15) is 5.75 Å². The highest BCUT2D eigenvalue weighted by molar-refractivity contribution is 5.70. The Balaban J connectivity index is 1.73.